The zero-order valence-corrected chi connectivity index (χ0v) is 13.0. The van der Waals surface area contributed by atoms with Gasteiger partial charge in [0.2, 0.25) is 12.3 Å². The van der Waals surface area contributed by atoms with Gasteiger partial charge in [0.15, 0.2) is 0 Å². The molecule has 2 amide bonds. The number of imide groups is 1. The van der Waals surface area contributed by atoms with Crippen LogP contribution in [0.5, 0.6) is 0 Å². The summed E-state index contributed by atoms with van der Waals surface area (Å²) in [5.41, 5.74) is 2.02. The number of nitrogens with zero attached hydrogens (tertiary/aromatic N) is 1. The van der Waals surface area contributed by atoms with Gasteiger partial charge < -0.3 is 0 Å². The van der Waals surface area contributed by atoms with Crippen LogP contribution < -0.4 is 4.90 Å². The molecule has 114 valence electrons. The van der Waals surface area contributed by atoms with Crippen LogP contribution in [0.4, 0.5) is 5.69 Å². The zero-order chi connectivity index (χ0) is 15.5. The van der Waals surface area contributed by atoms with Gasteiger partial charge in [0.25, 0.3) is 0 Å². The molecule has 4 atom stereocenters. The molecule has 2 saturated carbocycles. The van der Waals surface area contributed by atoms with E-state index in [4.69, 9.17) is 0 Å². The molecule has 22 heavy (non-hydrogen) atoms. The molecule has 3 nitrogen and oxygen atoms in total. The summed E-state index contributed by atoms with van der Waals surface area (Å²) >= 11 is 0. The Morgan fingerprint density at radius 3 is 2.50 bits per heavy atom. The van der Waals surface area contributed by atoms with Crippen LogP contribution >= 0.6 is 0 Å². The average molecular weight is 295 g/mol. The summed E-state index contributed by atoms with van der Waals surface area (Å²) < 4.78 is 0. The molecule has 3 heteroatoms. The fourth-order valence-electron chi connectivity index (χ4n) is 4.98. The van der Waals surface area contributed by atoms with E-state index >= 15 is 0 Å². The molecule has 1 aromatic rings. The highest BCUT2D eigenvalue weighted by molar-refractivity contribution is 6.09. The third-order valence-electron chi connectivity index (χ3n) is 6.20. The maximum Gasteiger partial charge on any atom is 0.237 e. The number of para-hydroxylation sites is 1. The van der Waals surface area contributed by atoms with Crippen molar-refractivity contribution in [1.82, 2.24) is 0 Å². The Bertz CT molecular complexity index is 674. The Morgan fingerprint density at radius 2 is 1.91 bits per heavy atom. The molecule has 2 fully saturated rings. The van der Waals surface area contributed by atoms with Crippen LogP contribution in [0.1, 0.15) is 25.3 Å². The zero-order valence-electron chi connectivity index (χ0n) is 13.0. The fourth-order valence-corrected chi connectivity index (χ4v) is 4.98. The summed E-state index contributed by atoms with van der Waals surface area (Å²) in [5.74, 6) is 1.10. The van der Waals surface area contributed by atoms with Gasteiger partial charge in [0, 0.05) is 5.92 Å². The van der Waals surface area contributed by atoms with Gasteiger partial charge in [-0.05, 0) is 54.6 Å². The van der Waals surface area contributed by atoms with Crippen molar-refractivity contribution in [2.24, 2.45) is 29.1 Å². The molecule has 0 saturated heterocycles. The summed E-state index contributed by atoms with van der Waals surface area (Å²) in [7, 11) is 0. The predicted octanol–water partition coefficient (Wildman–Crippen LogP) is 3.33. The highest BCUT2D eigenvalue weighted by Crippen LogP contribution is 2.72. The second-order valence-corrected chi connectivity index (χ2v) is 7.15. The molecule has 0 radical (unpaired) electrons. The van der Waals surface area contributed by atoms with Crippen LogP contribution in [0.25, 0.3) is 0 Å². The summed E-state index contributed by atoms with van der Waals surface area (Å²) in [6.45, 7) is 4.11. The molecular weight excluding hydrogens is 274 g/mol. The lowest BCUT2D eigenvalue weighted by molar-refractivity contribution is -0.126. The minimum atomic E-state index is -0.0534. The van der Waals surface area contributed by atoms with Crippen LogP contribution in [0, 0.1) is 36.0 Å². The monoisotopic (exact) mass is 295 g/mol. The van der Waals surface area contributed by atoms with Crippen LogP contribution in [0.15, 0.2) is 36.4 Å². The molecule has 2 bridgehead atoms. The molecule has 0 heterocycles. The van der Waals surface area contributed by atoms with E-state index in [0.29, 0.717) is 35.3 Å². The van der Waals surface area contributed by atoms with Crippen LogP contribution in [-0.2, 0) is 9.59 Å². The van der Waals surface area contributed by atoms with E-state index in [1.165, 1.54) is 17.7 Å². The molecule has 0 N–H and O–H groups in total. The van der Waals surface area contributed by atoms with Crippen molar-refractivity contribution in [3.8, 4) is 0 Å². The third-order valence-corrected chi connectivity index (χ3v) is 6.20. The molecule has 3 aliphatic rings. The van der Waals surface area contributed by atoms with Gasteiger partial charge in [-0.25, -0.2) is 0 Å². The average Bonchev–Trinajstić information content (AvgIpc) is 3.17. The number of carbonyl (C=O) groups excluding carboxylic acids is 2. The van der Waals surface area contributed by atoms with Crippen molar-refractivity contribution in [3.63, 3.8) is 0 Å². The molecule has 0 unspecified atom stereocenters. The highest BCUT2D eigenvalue weighted by Gasteiger charge is 2.67. The maximum atomic E-state index is 13.1. The van der Waals surface area contributed by atoms with Crippen LogP contribution in [-0.4, -0.2) is 12.3 Å². The van der Waals surface area contributed by atoms with Crippen molar-refractivity contribution in [2.45, 2.75) is 26.7 Å². The van der Waals surface area contributed by atoms with Gasteiger partial charge in [-0.2, -0.15) is 0 Å². The Labute approximate surface area is 131 Å². The fraction of sp³-hybridized carbons (Fsp3) is 0.474. The number of aryl methyl sites for hydroxylation is 1. The topological polar surface area (TPSA) is 37.4 Å². The van der Waals surface area contributed by atoms with Gasteiger partial charge in [0.1, 0.15) is 0 Å². The van der Waals surface area contributed by atoms with Gasteiger partial charge in [-0.15, -0.1) is 0 Å². The Morgan fingerprint density at radius 1 is 1.23 bits per heavy atom. The van der Waals surface area contributed by atoms with E-state index in [9.17, 15) is 9.59 Å². The molecule has 3 aliphatic carbocycles. The summed E-state index contributed by atoms with van der Waals surface area (Å²) in [5, 5.41) is 0. The first-order valence-corrected chi connectivity index (χ1v) is 8.12. The van der Waals surface area contributed by atoms with Gasteiger partial charge in [-0.1, -0.05) is 37.3 Å². The van der Waals surface area contributed by atoms with E-state index in [0.717, 1.165) is 5.56 Å². The Hall–Kier alpha value is -1.90. The molecule has 0 aromatic heterocycles. The smallest absolute Gasteiger partial charge is 0.237 e. The third kappa shape index (κ3) is 1.62. The maximum absolute atomic E-state index is 13.1. The van der Waals surface area contributed by atoms with Crippen molar-refractivity contribution in [3.05, 3.63) is 42.0 Å². The number of hydrogen-bond acceptors (Lipinski definition) is 2. The first-order chi connectivity index (χ1) is 10.6. The number of allylic oxidation sites excluding steroid dienone is 2. The summed E-state index contributed by atoms with van der Waals surface area (Å²) in [6.07, 6.45) is 7.70. The molecule has 0 aliphatic heterocycles. The van der Waals surface area contributed by atoms with Gasteiger partial charge >= 0.3 is 0 Å². The van der Waals surface area contributed by atoms with Crippen molar-refractivity contribution < 1.29 is 9.59 Å². The summed E-state index contributed by atoms with van der Waals surface area (Å²) in [6, 6.07) is 7.58. The largest absolute Gasteiger partial charge is 0.278 e. The second kappa shape index (κ2) is 4.55. The molecular formula is C19H21NO2. The first-order valence-electron chi connectivity index (χ1n) is 8.12. The predicted molar refractivity (Wildman–Crippen MR) is 85.2 cm³/mol. The minimum absolute atomic E-state index is 0.0278. The number of benzene rings is 1. The van der Waals surface area contributed by atoms with Crippen LogP contribution in [0.3, 0.4) is 0 Å². The first kappa shape index (κ1) is 13.7. The number of carbonyl (C=O) groups is 2. The van der Waals surface area contributed by atoms with E-state index in [1.54, 1.807) is 0 Å². The summed E-state index contributed by atoms with van der Waals surface area (Å²) in [4.78, 5) is 26.1. The molecule has 4 rings (SSSR count). The minimum Gasteiger partial charge on any atom is -0.278 e. The number of rotatable bonds is 3. The number of amides is 2. The lowest BCUT2D eigenvalue weighted by atomic mass is 9.83. The van der Waals surface area contributed by atoms with E-state index in [1.807, 2.05) is 31.2 Å². The van der Waals surface area contributed by atoms with Crippen molar-refractivity contribution >= 4 is 18.0 Å². The van der Waals surface area contributed by atoms with Gasteiger partial charge in [-0.3, -0.25) is 14.5 Å². The van der Waals surface area contributed by atoms with E-state index in [-0.39, 0.29) is 11.8 Å². The van der Waals surface area contributed by atoms with Crippen molar-refractivity contribution in [1.29, 1.82) is 0 Å². The standard InChI is InChI=1S/C19H21NO2/c1-12-5-3-4-6-16(12)20(11-21)18(22)17-13(2)14-7-8-15(17)19(14)9-10-19/h3-8,11,13-15,17H,9-10H2,1-2H3/t13-,14+,15+,17-/m1/s1. The van der Waals surface area contributed by atoms with E-state index in [2.05, 4.69) is 19.1 Å². The quantitative estimate of drug-likeness (QED) is 0.633. The number of hydrogen-bond donors (Lipinski definition) is 0. The normalized spacial score (nSPS) is 33.2. The Kier molecular flexibility index (Phi) is 2.84. The second-order valence-electron chi connectivity index (χ2n) is 7.15. The van der Waals surface area contributed by atoms with Crippen LogP contribution in [0.2, 0.25) is 0 Å². The molecule has 1 spiro atoms. The van der Waals surface area contributed by atoms with Gasteiger partial charge in [0.05, 0.1) is 5.69 Å². The highest BCUT2D eigenvalue weighted by atomic mass is 16.2. The molecule has 1 aromatic carbocycles. The van der Waals surface area contributed by atoms with Crippen molar-refractivity contribution in [2.75, 3.05) is 4.90 Å². The SMILES string of the molecule is Cc1ccccc1N(C=O)C(=O)[C@@H]1[C@H](C)[C@@H]2C=C[C@@H]1C21CC1. The Balaban J connectivity index is 1.68. The number of anilines is 1. The lowest BCUT2D eigenvalue weighted by Crippen LogP contribution is -2.40. The lowest BCUT2D eigenvalue weighted by Gasteiger charge is -2.28. The van der Waals surface area contributed by atoms with E-state index < -0.39 is 0 Å².